The fourth-order valence-corrected chi connectivity index (χ4v) is 5.37. The summed E-state index contributed by atoms with van der Waals surface area (Å²) in [5.41, 5.74) is 0.594. The van der Waals surface area contributed by atoms with Gasteiger partial charge in [-0.1, -0.05) is 60.7 Å². The van der Waals surface area contributed by atoms with Gasteiger partial charge in [-0.2, -0.15) is 13.2 Å². The molecule has 4 nitrogen and oxygen atoms in total. The molecule has 0 radical (unpaired) electrons. The first kappa shape index (κ1) is 25.4. The Hall–Kier alpha value is -4.20. The van der Waals surface area contributed by atoms with Crippen LogP contribution in [-0.2, 0) is 15.8 Å². The van der Waals surface area contributed by atoms with Gasteiger partial charge in [0.2, 0.25) is 0 Å². The molecule has 3 aromatic carbocycles. The van der Waals surface area contributed by atoms with E-state index in [0.29, 0.717) is 17.8 Å². The Morgan fingerprint density at radius 2 is 1.58 bits per heavy atom. The van der Waals surface area contributed by atoms with E-state index in [9.17, 15) is 27.2 Å². The van der Waals surface area contributed by atoms with Crippen LogP contribution in [0.1, 0.15) is 48.3 Å². The molecule has 1 aliphatic carbocycles. The number of nitrogens with one attached hydrogen (secondary N) is 2. The standard InChI is InChI=1S/C30H24F4N2O2/c1-17-26(29(38)36-23-14-8-7-13-22(23)31)27(20-11-5-6-12-21(20)30(32,33)34)28-24(35-17)15-19(16-25(28)37)18-9-3-2-4-10-18/h2-14,19,27,35H,15-16H2,1H3,(H,36,38)/t19-,27+/m0/s1. The number of benzene rings is 3. The van der Waals surface area contributed by atoms with Gasteiger partial charge in [0.1, 0.15) is 5.82 Å². The summed E-state index contributed by atoms with van der Waals surface area (Å²) in [5.74, 6) is -3.24. The SMILES string of the molecule is CC1=C(C(=O)Nc2ccccc2F)[C@@H](c2ccccc2C(F)(F)F)C2=C(C[C@H](c3ccccc3)CC2=O)N1. The predicted octanol–water partition coefficient (Wildman–Crippen LogP) is 6.84. The number of dihydropyridines is 1. The first-order valence-electron chi connectivity index (χ1n) is 12.2. The number of allylic oxidation sites excluding steroid dienone is 3. The Kier molecular flexibility index (Phi) is 6.65. The summed E-state index contributed by atoms with van der Waals surface area (Å²) in [5, 5.41) is 5.63. The highest BCUT2D eigenvalue weighted by Crippen LogP contribution is 2.48. The van der Waals surface area contributed by atoms with Gasteiger partial charge < -0.3 is 10.6 Å². The van der Waals surface area contributed by atoms with E-state index >= 15 is 0 Å². The van der Waals surface area contributed by atoms with E-state index in [0.717, 1.165) is 11.6 Å². The fraction of sp³-hybridized carbons (Fsp3) is 0.200. The Labute approximate surface area is 217 Å². The summed E-state index contributed by atoms with van der Waals surface area (Å²) < 4.78 is 56.8. The highest BCUT2D eigenvalue weighted by Gasteiger charge is 2.44. The Morgan fingerprint density at radius 3 is 2.29 bits per heavy atom. The maximum absolute atomic E-state index is 14.3. The molecular weight excluding hydrogens is 496 g/mol. The third kappa shape index (κ3) is 4.74. The zero-order chi connectivity index (χ0) is 27.0. The number of carbonyl (C=O) groups is 2. The largest absolute Gasteiger partial charge is 0.416 e. The molecule has 3 aromatic rings. The number of anilines is 1. The van der Waals surface area contributed by atoms with Crippen molar-refractivity contribution >= 4 is 17.4 Å². The lowest BCUT2D eigenvalue weighted by Crippen LogP contribution is -2.37. The molecule has 2 N–H and O–H groups in total. The van der Waals surface area contributed by atoms with Gasteiger partial charge in [-0.3, -0.25) is 9.59 Å². The smallest absolute Gasteiger partial charge is 0.362 e. The number of amides is 1. The molecule has 0 fully saturated rings. The van der Waals surface area contributed by atoms with Crippen LogP contribution in [0.5, 0.6) is 0 Å². The average molecular weight is 521 g/mol. The zero-order valence-corrected chi connectivity index (χ0v) is 20.4. The third-order valence-electron chi connectivity index (χ3n) is 7.04. The van der Waals surface area contributed by atoms with Crippen molar-refractivity contribution in [2.45, 2.75) is 37.8 Å². The van der Waals surface area contributed by atoms with Crippen LogP contribution in [0.2, 0.25) is 0 Å². The molecule has 1 amide bonds. The number of alkyl halides is 3. The molecule has 194 valence electrons. The predicted molar refractivity (Wildman–Crippen MR) is 136 cm³/mol. The van der Waals surface area contributed by atoms with Gasteiger partial charge in [-0.15, -0.1) is 0 Å². The number of rotatable bonds is 4. The van der Waals surface area contributed by atoms with Crippen molar-refractivity contribution in [2.24, 2.45) is 0 Å². The number of Topliss-reactive ketones (excluding diaryl/α,β-unsaturated/α-hetero) is 1. The van der Waals surface area contributed by atoms with E-state index in [-0.39, 0.29) is 40.5 Å². The van der Waals surface area contributed by atoms with Gasteiger partial charge in [0, 0.05) is 34.9 Å². The summed E-state index contributed by atoms with van der Waals surface area (Å²) in [4.78, 5) is 27.2. The zero-order valence-electron chi connectivity index (χ0n) is 20.4. The van der Waals surface area contributed by atoms with Crippen molar-refractivity contribution in [3.05, 3.63) is 124 Å². The van der Waals surface area contributed by atoms with Gasteiger partial charge in [0.15, 0.2) is 5.78 Å². The van der Waals surface area contributed by atoms with Crippen molar-refractivity contribution < 1.29 is 27.2 Å². The Morgan fingerprint density at radius 1 is 0.921 bits per heavy atom. The topological polar surface area (TPSA) is 58.2 Å². The number of para-hydroxylation sites is 1. The fourth-order valence-electron chi connectivity index (χ4n) is 5.37. The maximum atomic E-state index is 14.3. The van der Waals surface area contributed by atoms with Crippen LogP contribution < -0.4 is 10.6 Å². The average Bonchev–Trinajstić information content (AvgIpc) is 2.89. The molecule has 0 bridgehead atoms. The van der Waals surface area contributed by atoms with Gasteiger partial charge in [0.05, 0.1) is 11.3 Å². The third-order valence-corrected chi connectivity index (χ3v) is 7.04. The van der Waals surface area contributed by atoms with Crippen molar-refractivity contribution in [1.82, 2.24) is 5.32 Å². The van der Waals surface area contributed by atoms with Crippen LogP contribution in [-0.4, -0.2) is 11.7 Å². The lowest BCUT2D eigenvalue weighted by Gasteiger charge is -2.37. The van der Waals surface area contributed by atoms with Crippen molar-refractivity contribution in [3.63, 3.8) is 0 Å². The molecule has 0 saturated carbocycles. The molecule has 2 atom stereocenters. The minimum Gasteiger partial charge on any atom is -0.362 e. The normalized spacial score (nSPS) is 19.7. The van der Waals surface area contributed by atoms with E-state index in [1.807, 2.05) is 30.3 Å². The highest BCUT2D eigenvalue weighted by molar-refractivity contribution is 6.10. The number of hydrogen-bond donors (Lipinski definition) is 2. The van der Waals surface area contributed by atoms with E-state index in [2.05, 4.69) is 10.6 Å². The van der Waals surface area contributed by atoms with Crippen LogP contribution in [0.4, 0.5) is 23.2 Å². The second-order valence-corrected chi connectivity index (χ2v) is 9.45. The number of ketones is 1. The summed E-state index contributed by atoms with van der Waals surface area (Å²) >= 11 is 0. The first-order valence-corrected chi connectivity index (χ1v) is 12.2. The molecule has 38 heavy (non-hydrogen) atoms. The Balaban J connectivity index is 1.64. The van der Waals surface area contributed by atoms with E-state index in [1.54, 1.807) is 6.92 Å². The lowest BCUT2D eigenvalue weighted by atomic mass is 9.70. The molecule has 0 unspecified atom stereocenters. The van der Waals surface area contributed by atoms with Gasteiger partial charge in [-0.05, 0) is 48.6 Å². The van der Waals surface area contributed by atoms with Crippen molar-refractivity contribution in [3.8, 4) is 0 Å². The Bertz CT molecular complexity index is 1470. The minimum absolute atomic E-state index is 0.0600. The molecule has 1 aliphatic heterocycles. The van der Waals surface area contributed by atoms with Crippen LogP contribution in [0, 0.1) is 5.82 Å². The van der Waals surface area contributed by atoms with E-state index in [4.69, 9.17) is 0 Å². The van der Waals surface area contributed by atoms with Crippen molar-refractivity contribution in [1.29, 1.82) is 0 Å². The van der Waals surface area contributed by atoms with Crippen LogP contribution >= 0.6 is 0 Å². The molecule has 2 aliphatic rings. The molecule has 5 rings (SSSR count). The monoisotopic (exact) mass is 520 g/mol. The molecule has 0 aromatic heterocycles. The van der Waals surface area contributed by atoms with Crippen LogP contribution in [0.3, 0.4) is 0 Å². The molecule has 0 spiro atoms. The summed E-state index contributed by atoms with van der Waals surface area (Å²) in [7, 11) is 0. The van der Waals surface area contributed by atoms with Crippen LogP contribution in [0.15, 0.2) is 101 Å². The summed E-state index contributed by atoms with van der Waals surface area (Å²) in [6.45, 7) is 1.58. The highest BCUT2D eigenvalue weighted by atomic mass is 19.4. The quantitative estimate of drug-likeness (QED) is 0.370. The van der Waals surface area contributed by atoms with Gasteiger partial charge >= 0.3 is 6.18 Å². The minimum atomic E-state index is -4.71. The maximum Gasteiger partial charge on any atom is 0.416 e. The number of halogens is 4. The molecular formula is C30H24F4N2O2. The summed E-state index contributed by atoms with van der Waals surface area (Å²) in [6, 6.07) is 19.9. The van der Waals surface area contributed by atoms with E-state index in [1.165, 1.54) is 42.5 Å². The van der Waals surface area contributed by atoms with Gasteiger partial charge in [0.25, 0.3) is 5.91 Å². The molecule has 1 heterocycles. The first-order chi connectivity index (χ1) is 18.1. The molecule has 0 saturated heterocycles. The van der Waals surface area contributed by atoms with Crippen molar-refractivity contribution in [2.75, 3.05) is 5.32 Å². The second kappa shape index (κ2) is 9.93. The molecule has 8 heteroatoms. The van der Waals surface area contributed by atoms with Crippen LogP contribution in [0.25, 0.3) is 0 Å². The summed E-state index contributed by atoms with van der Waals surface area (Å²) in [6.07, 6.45) is -4.22. The van der Waals surface area contributed by atoms with E-state index < -0.39 is 29.4 Å². The second-order valence-electron chi connectivity index (χ2n) is 9.45. The lowest BCUT2D eigenvalue weighted by molar-refractivity contribution is -0.138. The number of hydrogen-bond acceptors (Lipinski definition) is 3. The van der Waals surface area contributed by atoms with Gasteiger partial charge in [-0.25, -0.2) is 4.39 Å². The number of carbonyl (C=O) groups excluding carboxylic acids is 2.